The summed E-state index contributed by atoms with van der Waals surface area (Å²) >= 11 is 0. The Morgan fingerprint density at radius 3 is 2.54 bits per heavy atom. The number of hydrogen-bond acceptors (Lipinski definition) is 5. The fourth-order valence-corrected chi connectivity index (χ4v) is 4.80. The van der Waals surface area contributed by atoms with Gasteiger partial charge in [-0.2, -0.15) is 4.31 Å². The number of furan rings is 1. The Morgan fingerprint density at radius 1 is 1.18 bits per heavy atom. The van der Waals surface area contributed by atoms with Gasteiger partial charge in [-0.05, 0) is 49.2 Å². The molecule has 0 aliphatic carbocycles. The number of anilines is 1. The van der Waals surface area contributed by atoms with Gasteiger partial charge in [0, 0.05) is 37.1 Å². The molecule has 3 heterocycles. The van der Waals surface area contributed by atoms with E-state index in [1.54, 1.807) is 36.7 Å². The van der Waals surface area contributed by atoms with E-state index in [9.17, 15) is 13.2 Å². The van der Waals surface area contributed by atoms with Crippen LogP contribution >= 0.6 is 0 Å². The summed E-state index contributed by atoms with van der Waals surface area (Å²) < 4.78 is 32.3. The summed E-state index contributed by atoms with van der Waals surface area (Å²) in [6, 6.07) is 9.34. The van der Waals surface area contributed by atoms with Crippen LogP contribution in [-0.4, -0.2) is 41.7 Å². The zero-order valence-corrected chi connectivity index (χ0v) is 15.9. The molecule has 2 aromatic heterocycles. The lowest BCUT2D eigenvalue weighted by Gasteiger charge is -2.30. The average molecular weight is 400 g/mol. The maximum absolute atomic E-state index is 12.9. The summed E-state index contributed by atoms with van der Waals surface area (Å²) in [4.78, 5) is 19.6. The highest BCUT2D eigenvalue weighted by Crippen LogP contribution is 2.29. The van der Waals surface area contributed by atoms with Gasteiger partial charge in [0.2, 0.25) is 10.0 Å². The molecule has 1 amide bonds. The average Bonchev–Trinajstić information content (AvgIpc) is 3.43. The fraction of sp³-hybridized carbons (Fsp3) is 0.263. The molecule has 0 unspecified atom stereocenters. The number of carbonyl (C=O) groups excluding carboxylic acids is 1. The molecular formula is C19H20N4O4S. The molecule has 1 fully saturated rings. The number of nitrogens with one attached hydrogen (secondary N) is 2. The second kappa shape index (κ2) is 7.61. The first-order valence-corrected chi connectivity index (χ1v) is 10.4. The molecule has 1 aliphatic rings. The molecule has 146 valence electrons. The normalized spacial score (nSPS) is 16.1. The van der Waals surface area contributed by atoms with Gasteiger partial charge in [-0.15, -0.1) is 0 Å². The van der Waals surface area contributed by atoms with Crippen molar-refractivity contribution in [3.8, 4) is 0 Å². The van der Waals surface area contributed by atoms with Crippen molar-refractivity contribution in [3.05, 3.63) is 66.6 Å². The zero-order valence-electron chi connectivity index (χ0n) is 15.0. The van der Waals surface area contributed by atoms with Crippen molar-refractivity contribution in [1.29, 1.82) is 0 Å². The SMILES string of the molecule is O=C(Nc1ccc(S(=O)(=O)N2CCC(c3ncc[nH]3)CC2)cc1)c1ccco1. The zero-order chi connectivity index (χ0) is 19.6. The third-order valence-electron chi connectivity index (χ3n) is 4.85. The molecule has 1 aliphatic heterocycles. The van der Waals surface area contributed by atoms with Gasteiger partial charge in [-0.1, -0.05) is 0 Å². The smallest absolute Gasteiger partial charge is 0.291 e. The summed E-state index contributed by atoms with van der Waals surface area (Å²) in [6.07, 6.45) is 6.36. The minimum Gasteiger partial charge on any atom is -0.459 e. The highest BCUT2D eigenvalue weighted by molar-refractivity contribution is 7.89. The third-order valence-corrected chi connectivity index (χ3v) is 6.77. The standard InChI is InChI=1S/C19H20N4O4S/c24-19(17-2-1-13-27-17)22-15-3-5-16(6-4-15)28(25,26)23-11-7-14(8-12-23)18-20-9-10-21-18/h1-6,9-10,13-14H,7-8,11-12H2,(H,20,21)(H,22,24). The van der Waals surface area contributed by atoms with Crippen LogP contribution in [0.2, 0.25) is 0 Å². The van der Waals surface area contributed by atoms with Crippen LogP contribution in [0.3, 0.4) is 0 Å². The van der Waals surface area contributed by atoms with Crippen LogP contribution in [0, 0.1) is 0 Å². The van der Waals surface area contributed by atoms with E-state index in [4.69, 9.17) is 4.42 Å². The van der Waals surface area contributed by atoms with Gasteiger partial charge in [0.15, 0.2) is 5.76 Å². The number of imidazole rings is 1. The van der Waals surface area contributed by atoms with Crippen LogP contribution in [0.4, 0.5) is 5.69 Å². The Morgan fingerprint density at radius 2 is 1.93 bits per heavy atom. The number of aromatic amines is 1. The predicted molar refractivity (Wildman–Crippen MR) is 102 cm³/mol. The maximum atomic E-state index is 12.9. The van der Waals surface area contributed by atoms with E-state index in [1.165, 1.54) is 22.7 Å². The number of nitrogens with zero attached hydrogens (tertiary/aromatic N) is 2. The van der Waals surface area contributed by atoms with E-state index in [2.05, 4.69) is 15.3 Å². The van der Waals surface area contributed by atoms with Crippen molar-refractivity contribution in [2.24, 2.45) is 0 Å². The largest absolute Gasteiger partial charge is 0.459 e. The highest BCUT2D eigenvalue weighted by atomic mass is 32.2. The van der Waals surface area contributed by atoms with E-state index in [1.807, 2.05) is 0 Å². The first-order valence-electron chi connectivity index (χ1n) is 8.98. The molecule has 4 rings (SSSR count). The predicted octanol–water partition coefficient (Wildman–Crippen LogP) is 2.82. The lowest BCUT2D eigenvalue weighted by molar-refractivity contribution is 0.0996. The number of H-pyrrole nitrogens is 1. The van der Waals surface area contributed by atoms with E-state index >= 15 is 0 Å². The summed E-state index contributed by atoms with van der Waals surface area (Å²) in [5.74, 6) is 0.964. The monoisotopic (exact) mass is 400 g/mol. The molecule has 0 spiro atoms. The van der Waals surface area contributed by atoms with Gasteiger partial charge in [0.05, 0.1) is 11.2 Å². The Labute approximate surface area is 162 Å². The summed E-state index contributed by atoms with van der Waals surface area (Å²) in [5, 5.41) is 2.67. The lowest BCUT2D eigenvalue weighted by Crippen LogP contribution is -2.38. The van der Waals surface area contributed by atoms with Gasteiger partial charge in [-0.25, -0.2) is 13.4 Å². The lowest BCUT2D eigenvalue weighted by atomic mass is 9.98. The van der Waals surface area contributed by atoms with Crippen LogP contribution in [0.25, 0.3) is 0 Å². The molecule has 28 heavy (non-hydrogen) atoms. The Balaban J connectivity index is 1.41. The molecule has 0 saturated carbocycles. The Bertz CT molecular complexity index is 1020. The minimum absolute atomic E-state index is 0.191. The molecule has 2 N–H and O–H groups in total. The first kappa shape index (κ1) is 18.5. The van der Waals surface area contributed by atoms with Crippen molar-refractivity contribution in [2.45, 2.75) is 23.7 Å². The van der Waals surface area contributed by atoms with Crippen molar-refractivity contribution in [2.75, 3.05) is 18.4 Å². The molecule has 0 bridgehead atoms. The number of carbonyl (C=O) groups is 1. The van der Waals surface area contributed by atoms with Crippen LogP contribution in [0.1, 0.15) is 35.1 Å². The molecule has 1 aromatic carbocycles. The van der Waals surface area contributed by atoms with E-state index in [0.717, 1.165) is 18.7 Å². The van der Waals surface area contributed by atoms with Gasteiger partial charge < -0.3 is 14.7 Å². The molecule has 1 saturated heterocycles. The number of hydrogen-bond donors (Lipinski definition) is 2. The van der Waals surface area contributed by atoms with E-state index < -0.39 is 10.0 Å². The Hall–Kier alpha value is -2.91. The number of rotatable bonds is 5. The van der Waals surface area contributed by atoms with Crippen LogP contribution in [0.15, 0.2) is 64.4 Å². The van der Waals surface area contributed by atoms with Crippen LogP contribution in [-0.2, 0) is 10.0 Å². The number of piperidine rings is 1. The highest BCUT2D eigenvalue weighted by Gasteiger charge is 2.30. The van der Waals surface area contributed by atoms with Crippen LogP contribution < -0.4 is 5.32 Å². The number of aromatic nitrogens is 2. The molecule has 0 atom stereocenters. The summed E-state index contributed by atoms with van der Waals surface area (Å²) in [6.45, 7) is 0.898. The molecular weight excluding hydrogens is 380 g/mol. The van der Waals surface area contributed by atoms with Gasteiger partial charge in [-0.3, -0.25) is 4.79 Å². The first-order chi connectivity index (χ1) is 13.5. The second-order valence-electron chi connectivity index (χ2n) is 6.61. The molecule has 9 heteroatoms. The number of sulfonamides is 1. The maximum Gasteiger partial charge on any atom is 0.291 e. The van der Waals surface area contributed by atoms with Gasteiger partial charge >= 0.3 is 0 Å². The second-order valence-corrected chi connectivity index (χ2v) is 8.55. The van der Waals surface area contributed by atoms with Gasteiger partial charge in [0.1, 0.15) is 5.82 Å². The van der Waals surface area contributed by atoms with Crippen molar-refractivity contribution >= 4 is 21.6 Å². The topological polar surface area (TPSA) is 108 Å². The molecule has 8 nitrogen and oxygen atoms in total. The van der Waals surface area contributed by atoms with Gasteiger partial charge in [0.25, 0.3) is 5.91 Å². The summed E-state index contributed by atoms with van der Waals surface area (Å²) in [7, 11) is -3.57. The number of amides is 1. The van der Waals surface area contributed by atoms with E-state index in [-0.39, 0.29) is 22.5 Å². The third kappa shape index (κ3) is 3.71. The Kier molecular flexibility index (Phi) is 5.01. The van der Waals surface area contributed by atoms with Crippen molar-refractivity contribution in [3.63, 3.8) is 0 Å². The van der Waals surface area contributed by atoms with Crippen molar-refractivity contribution < 1.29 is 17.6 Å². The fourth-order valence-electron chi connectivity index (χ4n) is 3.33. The molecule has 3 aromatic rings. The molecule has 0 radical (unpaired) electrons. The van der Waals surface area contributed by atoms with E-state index in [0.29, 0.717) is 18.8 Å². The quantitative estimate of drug-likeness (QED) is 0.685. The van der Waals surface area contributed by atoms with Crippen molar-refractivity contribution in [1.82, 2.24) is 14.3 Å². The minimum atomic E-state index is -3.57. The summed E-state index contributed by atoms with van der Waals surface area (Å²) in [5.41, 5.74) is 0.497. The number of benzene rings is 1. The van der Waals surface area contributed by atoms with Crippen LogP contribution in [0.5, 0.6) is 0 Å².